The molecule has 1 aromatic heterocycles. The van der Waals surface area contributed by atoms with Gasteiger partial charge in [0, 0.05) is 18.2 Å². The second kappa shape index (κ2) is 11.5. The van der Waals surface area contributed by atoms with Crippen molar-refractivity contribution in [2.45, 2.75) is 25.3 Å². The quantitative estimate of drug-likeness (QED) is 0.139. The molecule has 0 aliphatic carbocycles. The summed E-state index contributed by atoms with van der Waals surface area (Å²) in [5.74, 6) is -2.61. The Labute approximate surface area is 209 Å². The molecular formula is C20H25N5O8S2. The Kier molecular flexibility index (Phi) is 8.69. The van der Waals surface area contributed by atoms with Crippen LogP contribution in [0.2, 0.25) is 0 Å². The number of oxime groups is 1. The van der Waals surface area contributed by atoms with Gasteiger partial charge in [-0.25, -0.2) is 9.78 Å². The standard InChI is InChI=1S/C20H25N5O8S2/c1-9(2)18(28)32-8-33-19(29)14-10(5-30-3)6-34-17-13(16(27)25(14)17)23-15(26)12(24-31-4)11-7-35-20(21)22-11/h7,9,13,17H,5-6,8H2,1-4H3,(H2,21,22)(H,23,26)/t13?,17-/m1/s1. The summed E-state index contributed by atoms with van der Waals surface area (Å²) in [5, 5.41) is 7.54. The molecule has 1 saturated heterocycles. The number of amides is 2. The van der Waals surface area contributed by atoms with E-state index in [1.165, 1.54) is 36.3 Å². The van der Waals surface area contributed by atoms with Crippen LogP contribution in [-0.4, -0.2) is 84.1 Å². The molecule has 190 valence electrons. The molecule has 3 rings (SSSR count). The maximum atomic E-state index is 13.0. The fourth-order valence-electron chi connectivity index (χ4n) is 3.23. The third kappa shape index (κ3) is 5.74. The van der Waals surface area contributed by atoms with Crippen molar-refractivity contribution in [3.63, 3.8) is 0 Å². The van der Waals surface area contributed by atoms with Crippen molar-refractivity contribution in [2.24, 2.45) is 11.1 Å². The Hall–Kier alpha value is -3.17. The molecule has 0 radical (unpaired) electrons. The summed E-state index contributed by atoms with van der Waals surface area (Å²) in [5.41, 5.74) is 6.23. The van der Waals surface area contributed by atoms with Gasteiger partial charge in [-0.15, -0.1) is 23.1 Å². The predicted octanol–water partition coefficient (Wildman–Crippen LogP) is 0.0761. The van der Waals surface area contributed by atoms with Gasteiger partial charge in [-0.2, -0.15) is 0 Å². The van der Waals surface area contributed by atoms with Crippen molar-refractivity contribution >= 4 is 57.7 Å². The summed E-state index contributed by atoms with van der Waals surface area (Å²) in [6, 6.07) is -0.934. The summed E-state index contributed by atoms with van der Waals surface area (Å²) in [6.07, 6.45) is 0. The molecule has 3 heterocycles. The van der Waals surface area contributed by atoms with Crippen LogP contribution in [-0.2, 0) is 38.2 Å². The zero-order valence-corrected chi connectivity index (χ0v) is 21.1. The largest absolute Gasteiger partial charge is 0.428 e. The lowest BCUT2D eigenvalue weighted by molar-refractivity contribution is -0.170. The average molecular weight is 528 g/mol. The number of aromatic nitrogens is 1. The highest BCUT2D eigenvalue weighted by molar-refractivity contribution is 8.00. The van der Waals surface area contributed by atoms with Crippen LogP contribution in [0.3, 0.4) is 0 Å². The van der Waals surface area contributed by atoms with E-state index < -0.39 is 42.0 Å². The number of anilines is 1. The number of nitrogens with two attached hydrogens (primary N) is 1. The van der Waals surface area contributed by atoms with E-state index in [1.807, 2.05) is 0 Å². The number of carbonyl (C=O) groups excluding carboxylic acids is 4. The predicted molar refractivity (Wildman–Crippen MR) is 126 cm³/mol. The van der Waals surface area contributed by atoms with E-state index >= 15 is 0 Å². The fraction of sp³-hybridized carbons (Fsp3) is 0.500. The maximum absolute atomic E-state index is 13.0. The number of thioether (sulfide) groups is 1. The minimum Gasteiger partial charge on any atom is -0.428 e. The average Bonchev–Trinajstić information content (AvgIpc) is 3.26. The second-order valence-corrected chi connectivity index (χ2v) is 9.60. The second-order valence-electron chi connectivity index (χ2n) is 7.61. The molecule has 2 aliphatic heterocycles. The summed E-state index contributed by atoms with van der Waals surface area (Å²) in [4.78, 5) is 60.3. The number of esters is 2. The van der Waals surface area contributed by atoms with Crippen molar-refractivity contribution in [3.05, 3.63) is 22.3 Å². The number of carbonyl (C=O) groups is 4. The first kappa shape index (κ1) is 26.4. The van der Waals surface area contributed by atoms with Crippen LogP contribution in [0, 0.1) is 5.92 Å². The van der Waals surface area contributed by atoms with Crippen molar-refractivity contribution in [1.29, 1.82) is 0 Å². The number of fused-ring (bicyclic) bond motifs is 1. The molecule has 0 spiro atoms. The minimum absolute atomic E-state index is 0.00440. The molecule has 2 atom stereocenters. The number of hydrogen-bond donors (Lipinski definition) is 2. The van der Waals surface area contributed by atoms with Crippen LogP contribution in [0.5, 0.6) is 0 Å². The van der Waals surface area contributed by atoms with Gasteiger partial charge < -0.3 is 30.1 Å². The van der Waals surface area contributed by atoms with E-state index in [1.54, 1.807) is 13.8 Å². The van der Waals surface area contributed by atoms with Gasteiger partial charge in [0.1, 0.15) is 29.9 Å². The van der Waals surface area contributed by atoms with Gasteiger partial charge in [0.15, 0.2) is 10.8 Å². The minimum atomic E-state index is -0.934. The van der Waals surface area contributed by atoms with Gasteiger partial charge in [0.25, 0.3) is 11.8 Å². The third-order valence-corrected chi connectivity index (χ3v) is 6.88. The van der Waals surface area contributed by atoms with Crippen LogP contribution in [0.1, 0.15) is 19.5 Å². The maximum Gasteiger partial charge on any atom is 0.358 e. The molecule has 15 heteroatoms. The third-order valence-electron chi connectivity index (χ3n) is 4.87. The number of rotatable bonds is 10. The van der Waals surface area contributed by atoms with Gasteiger partial charge in [0.2, 0.25) is 6.79 Å². The van der Waals surface area contributed by atoms with E-state index in [2.05, 4.69) is 15.5 Å². The zero-order valence-electron chi connectivity index (χ0n) is 19.4. The molecule has 1 aromatic rings. The molecule has 35 heavy (non-hydrogen) atoms. The van der Waals surface area contributed by atoms with Crippen molar-refractivity contribution in [3.8, 4) is 0 Å². The van der Waals surface area contributed by atoms with Crippen LogP contribution >= 0.6 is 23.1 Å². The van der Waals surface area contributed by atoms with Gasteiger partial charge in [0.05, 0.1) is 12.5 Å². The molecule has 3 N–H and O–H groups in total. The molecule has 0 aromatic carbocycles. The molecule has 1 unspecified atom stereocenters. The number of thiazole rings is 1. The molecular weight excluding hydrogens is 502 g/mol. The summed E-state index contributed by atoms with van der Waals surface area (Å²) >= 11 is 2.47. The number of nitrogen functional groups attached to an aromatic ring is 1. The highest BCUT2D eigenvalue weighted by atomic mass is 32.2. The first-order valence-corrected chi connectivity index (χ1v) is 12.2. The Morgan fingerprint density at radius 3 is 2.66 bits per heavy atom. The van der Waals surface area contributed by atoms with Crippen molar-refractivity contribution < 1.29 is 38.2 Å². The van der Waals surface area contributed by atoms with E-state index in [0.717, 1.165) is 11.3 Å². The van der Waals surface area contributed by atoms with Gasteiger partial charge >= 0.3 is 11.9 Å². The molecule has 1 fully saturated rings. The fourth-order valence-corrected chi connectivity index (χ4v) is 5.11. The number of hydrogen-bond acceptors (Lipinski definition) is 13. The number of methoxy groups -OCH3 is 1. The monoisotopic (exact) mass is 527 g/mol. The van der Waals surface area contributed by atoms with Crippen LogP contribution < -0.4 is 11.1 Å². The number of nitrogens with one attached hydrogen (secondary N) is 1. The number of ether oxygens (including phenoxy) is 3. The van der Waals surface area contributed by atoms with Crippen LogP contribution in [0.25, 0.3) is 0 Å². The lowest BCUT2D eigenvalue weighted by Crippen LogP contribution is -2.71. The smallest absolute Gasteiger partial charge is 0.358 e. The Morgan fingerprint density at radius 2 is 2.06 bits per heavy atom. The molecule has 13 nitrogen and oxygen atoms in total. The Bertz CT molecular complexity index is 1070. The lowest BCUT2D eigenvalue weighted by atomic mass is 10.0. The molecule has 0 saturated carbocycles. The normalized spacial score (nSPS) is 19.7. The highest BCUT2D eigenvalue weighted by Gasteiger charge is 2.54. The Balaban J connectivity index is 1.73. The zero-order chi connectivity index (χ0) is 25.7. The topological polar surface area (TPSA) is 172 Å². The van der Waals surface area contributed by atoms with Crippen LogP contribution in [0.4, 0.5) is 5.13 Å². The summed E-state index contributed by atoms with van der Waals surface area (Å²) in [7, 11) is 2.73. The number of β-lactam (4-membered cyclic amide) rings is 1. The van der Waals surface area contributed by atoms with E-state index in [9.17, 15) is 19.2 Å². The van der Waals surface area contributed by atoms with Crippen molar-refractivity contribution in [2.75, 3.05) is 39.1 Å². The SMILES string of the molecule is COCC1=C(C(=O)OCOC(=O)C(C)C)N2C(=O)C(NC(=O)C(=NOC)c3csc(N)n3)[C@H]2SC1. The van der Waals surface area contributed by atoms with Crippen molar-refractivity contribution in [1.82, 2.24) is 15.2 Å². The van der Waals surface area contributed by atoms with Gasteiger partial charge in [-0.3, -0.25) is 19.3 Å². The first-order chi connectivity index (χ1) is 16.7. The summed E-state index contributed by atoms with van der Waals surface area (Å²) < 4.78 is 15.1. The van der Waals surface area contributed by atoms with E-state index in [0.29, 0.717) is 11.3 Å². The first-order valence-electron chi connectivity index (χ1n) is 10.3. The highest BCUT2D eigenvalue weighted by Crippen LogP contribution is 2.40. The Morgan fingerprint density at radius 1 is 1.31 bits per heavy atom. The lowest BCUT2D eigenvalue weighted by Gasteiger charge is -2.49. The van der Waals surface area contributed by atoms with Gasteiger partial charge in [-0.1, -0.05) is 19.0 Å². The number of nitrogens with zero attached hydrogens (tertiary/aromatic N) is 3. The molecule has 0 bridgehead atoms. The van der Waals surface area contributed by atoms with Crippen LogP contribution in [0.15, 0.2) is 21.8 Å². The van der Waals surface area contributed by atoms with Gasteiger partial charge in [-0.05, 0) is 5.57 Å². The van der Waals surface area contributed by atoms with E-state index in [4.69, 9.17) is 24.8 Å². The molecule has 2 amide bonds. The molecule has 2 aliphatic rings. The summed E-state index contributed by atoms with van der Waals surface area (Å²) in [6.45, 7) is 2.79. The van der Waals surface area contributed by atoms with E-state index in [-0.39, 0.29) is 34.8 Å².